The Bertz CT molecular complexity index is 384. The van der Waals surface area contributed by atoms with Crippen molar-refractivity contribution in [1.82, 2.24) is 14.7 Å². The van der Waals surface area contributed by atoms with E-state index in [0.717, 1.165) is 25.2 Å². The molecule has 0 amide bonds. The summed E-state index contributed by atoms with van der Waals surface area (Å²) in [5.74, 6) is 0. The van der Waals surface area contributed by atoms with Crippen LogP contribution in [0.2, 0.25) is 0 Å². The minimum absolute atomic E-state index is 0.281. The Hall–Kier alpha value is -0.870. The third-order valence-electron chi connectivity index (χ3n) is 4.44. The van der Waals surface area contributed by atoms with E-state index in [2.05, 4.69) is 21.8 Å². The normalized spacial score (nSPS) is 26.2. The van der Waals surface area contributed by atoms with Crippen molar-refractivity contribution in [2.24, 2.45) is 0 Å². The van der Waals surface area contributed by atoms with Gasteiger partial charge in [-0.25, -0.2) is 0 Å². The van der Waals surface area contributed by atoms with E-state index in [9.17, 15) is 5.11 Å². The van der Waals surface area contributed by atoms with Crippen LogP contribution >= 0.6 is 0 Å². The number of aromatic nitrogens is 2. The summed E-state index contributed by atoms with van der Waals surface area (Å²) in [6.45, 7) is 2.27. The Morgan fingerprint density at radius 2 is 2.06 bits per heavy atom. The van der Waals surface area contributed by atoms with E-state index in [-0.39, 0.29) is 6.61 Å². The fourth-order valence-corrected chi connectivity index (χ4v) is 3.35. The van der Waals surface area contributed by atoms with E-state index < -0.39 is 0 Å². The zero-order valence-corrected chi connectivity index (χ0v) is 11.0. The Labute approximate surface area is 109 Å². The second-order valence-corrected chi connectivity index (χ2v) is 5.67. The summed E-state index contributed by atoms with van der Waals surface area (Å²) >= 11 is 0. The summed E-state index contributed by atoms with van der Waals surface area (Å²) < 4.78 is 2.16. The number of hydrogen-bond donors (Lipinski definition) is 1. The molecule has 1 unspecified atom stereocenters. The molecule has 100 valence electrons. The molecule has 2 aliphatic rings. The average molecular weight is 249 g/mol. The van der Waals surface area contributed by atoms with E-state index in [1.54, 1.807) is 0 Å². The molecule has 4 heteroatoms. The smallest absolute Gasteiger partial charge is 0.0765 e. The van der Waals surface area contributed by atoms with E-state index in [0.29, 0.717) is 12.1 Å². The molecule has 1 aromatic heterocycles. The standard InChI is InChI=1S/C14H23N3O/c18-11-14-6-3-8-16(14)10-12-7-9-17(15-12)13-4-1-2-5-13/h7,9,13-14,18H,1-6,8,10-11H2. The first-order chi connectivity index (χ1) is 8.86. The van der Waals surface area contributed by atoms with Gasteiger partial charge in [-0.1, -0.05) is 12.8 Å². The highest BCUT2D eigenvalue weighted by Crippen LogP contribution is 2.29. The van der Waals surface area contributed by atoms with Crippen LogP contribution in [0.5, 0.6) is 0 Å². The molecule has 18 heavy (non-hydrogen) atoms. The molecule has 1 aliphatic carbocycles. The lowest BCUT2D eigenvalue weighted by Crippen LogP contribution is -2.31. The van der Waals surface area contributed by atoms with Gasteiger partial charge in [0, 0.05) is 18.8 Å². The van der Waals surface area contributed by atoms with Crippen LogP contribution in [0.25, 0.3) is 0 Å². The van der Waals surface area contributed by atoms with Gasteiger partial charge in [0.15, 0.2) is 0 Å². The molecule has 1 saturated heterocycles. The maximum absolute atomic E-state index is 9.32. The van der Waals surface area contributed by atoms with Gasteiger partial charge in [-0.15, -0.1) is 0 Å². The van der Waals surface area contributed by atoms with Crippen LogP contribution in [0.1, 0.15) is 50.3 Å². The van der Waals surface area contributed by atoms with Crippen molar-refractivity contribution < 1.29 is 5.11 Å². The number of hydrogen-bond acceptors (Lipinski definition) is 3. The molecular formula is C14H23N3O. The van der Waals surface area contributed by atoms with Crippen molar-refractivity contribution in [3.63, 3.8) is 0 Å². The summed E-state index contributed by atoms with van der Waals surface area (Å²) in [5, 5.41) is 14.0. The first-order valence-electron chi connectivity index (χ1n) is 7.26. The van der Waals surface area contributed by atoms with Gasteiger partial charge in [-0.3, -0.25) is 9.58 Å². The number of aliphatic hydroxyl groups is 1. The lowest BCUT2D eigenvalue weighted by atomic mass is 10.2. The topological polar surface area (TPSA) is 41.3 Å². The van der Waals surface area contributed by atoms with Crippen LogP contribution in [0.4, 0.5) is 0 Å². The van der Waals surface area contributed by atoms with E-state index in [1.807, 2.05) is 0 Å². The van der Waals surface area contributed by atoms with Gasteiger partial charge in [-0.05, 0) is 38.3 Å². The molecule has 2 fully saturated rings. The first-order valence-corrected chi connectivity index (χ1v) is 7.26. The molecule has 0 radical (unpaired) electrons. The van der Waals surface area contributed by atoms with Gasteiger partial charge in [0.05, 0.1) is 18.3 Å². The number of rotatable bonds is 4. The highest BCUT2D eigenvalue weighted by atomic mass is 16.3. The zero-order chi connectivity index (χ0) is 12.4. The molecule has 1 atom stereocenters. The molecule has 1 aliphatic heterocycles. The van der Waals surface area contributed by atoms with Crippen LogP contribution in [0.3, 0.4) is 0 Å². The fraction of sp³-hybridized carbons (Fsp3) is 0.786. The summed E-state index contributed by atoms with van der Waals surface area (Å²) in [5.41, 5.74) is 1.15. The minimum Gasteiger partial charge on any atom is -0.395 e. The lowest BCUT2D eigenvalue weighted by molar-refractivity contribution is 0.152. The first kappa shape index (κ1) is 12.2. The molecular weight excluding hydrogens is 226 g/mol. The number of nitrogens with zero attached hydrogens (tertiary/aromatic N) is 3. The monoisotopic (exact) mass is 249 g/mol. The third kappa shape index (κ3) is 2.45. The fourth-order valence-electron chi connectivity index (χ4n) is 3.35. The van der Waals surface area contributed by atoms with Crippen molar-refractivity contribution in [2.45, 2.75) is 57.2 Å². The molecule has 4 nitrogen and oxygen atoms in total. The van der Waals surface area contributed by atoms with Crippen molar-refractivity contribution in [1.29, 1.82) is 0 Å². The Balaban J connectivity index is 1.62. The maximum Gasteiger partial charge on any atom is 0.0765 e. The van der Waals surface area contributed by atoms with Crippen molar-refractivity contribution in [3.05, 3.63) is 18.0 Å². The Kier molecular flexibility index (Phi) is 3.66. The second-order valence-electron chi connectivity index (χ2n) is 5.67. The molecule has 2 heterocycles. The summed E-state index contributed by atoms with van der Waals surface area (Å²) in [6.07, 6.45) is 9.72. The number of likely N-dealkylation sites (tertiary alicyclic amines) is 1. The predicted octanol–water partition coefficient (Wildman–Crippen LogP) is 1.95. The van der Waals surface area contributed by atoms with Gasteiger partial charge >= 0.3 is 0 Å². The SMILES string of the molecule is OCC1CCCN1Cc1ccn(C2CCCC2)n1. The van der Waals surface area contributed by atoms with Gasteiger partial charge in [0.1, 0.15) is 0 Å². The van der Waals surface area contributed by atoms with Crippen molar-refractivity contribution in [3.8, 4) is 0 Å². The van der Waals surface area contributed by atoms with Crippen LogP contribution in [-0.4, -0.2) is 39.0 Å². The largest absolute Gasteiger partial charge is 0.395 e. The molecule has 1 aromatic rings. The van der Waals surface area contributed by atoms with Crippen molar-refractivity contribution >= 4 is 0 Å². The summed E-state index contributed by atoms with van der Waals surface area (Å²) in [6, 6.07) is 3.12. The molecule has 0 aromatic carbocycles. The lowest BCUT2D eigenvalue weighted by Gasteiger charge is -2.21. The average Bonchev–Trinajstić information content (AvgIpc) is 3.10. The third-order valence-corrected chi connectivity index (χ3v) is 4.44. The quantitative estimate of drug-likeness (QED) is 0.887. The van der Waals surface area contributed by atoms with Gasteiger partial charge < -0.3 is 5.11 Å². The predicted molar refractivity (Wildman–Crippen MR) is 70.2 cm³/mol. The van der Waals surface area contributed by atoms with Gasteiger partial charge in [-0.2, -0.15) is 5.10 Å². The van der Waals surface area contributed by atoms with Crippen LogP contribution < -0.4 is 0 Å². The van der Waals surface area contributed by atoms with Crippen LogP contribution in [0, 0.1) is 0 Å². The van der Waals surface area contributed by atoms with Gasteiger partial charge in [0.2, 0.25) is 0 Å². The van der Waals surface area contributed by atoms with Gasteiger partial charge in [0.25, 0.3) is 0 Å². The summed E-state index contributed by atoms with van der Waals surface area (Å²) in [7, 11) is 0. The van der Waals surface area contributed by atoms with Crippen LogP contribution in [0.15, 0.2) is 12.3 Å². The van der Waals surface area contributed by atoms with E-state index in [4.69, 9.17) is 5.10 Å². The molecule has 1 saturated carbocycles. The van der Waals surface area contributed by atoms with E-state index >= 15 is 0 Å². The molecule has 0 bridgehead atoms. The maximum atomic E-state index is 9.32. The molecule has 3 rings (SSSR count). The second kappa shape index (κ2) is 5.41. The Morgan fingerprint density at radius 1 is 1.22 bits per heavy atom. The van der Waals surface area contributed by atoms with E-state index in [1.165, 1.54) is 32.1 Å². The zero-order valence-electron chi connectivity index (χ0n) is 11.0. The highest BCUT2D eigenvalue weighted by molar-refractivity contribution is 5.01. The molecule has 0 spiro atoms. The highest BCUT2D eigenvalue weighted by Gasteiger charge is 2.24. The van der Waals surface area contributed by atoms with Crippen molar-refractivity contribution in [2.75, 3.05) is 13.2 Å². The summed E-state index contributed by atoms with van der Waals surface area (Å²) in [4.78, 5) is 2.36. The Morgan fingerprint density at radius 3 is 2.83 bits per heavy atom. The number of aliphatic hydroxyl groups excluding tert-OH is 1. The van der Waals surface area contributed by atoms with Crippen LogP contribution in [-0.2, 0) is 6.54 Å². The molecule has 1 N–H and O–H groups in total. The minimum atomic E-state index is 0.281.